The molecule has 0 spiro atoms. The van der Waals surface area contributed by atoms with Gasteiger partial charge in [0.2, 0.25) is 11.8 Å². The lowest BCUT2D eigenvalue weighted by Crippen LogP contribution is -2.33. The second-order valence-corrected chi connectivity index (χ2v) is 9.04. The summed E-state index contributed by atoms with van der Waals surface area (Å²) >= 11 is 0. The highest BCUT2D eigenvalue weighted by Crippen LogP contribution is 2.25. The van der Waals surface area contributed by atoms with Crippen LogP contribution in [0.4, 0.5) is 5.82 Å². The van der Waals surface area contributed by atoms with Gasteiger partial charge < -0.3 is 15.0 Å². The van der Waals surface area contributed by atoms with Gasteiger partial charge in [-0.05, 0) is 77.1 Å². The number of carbonyl (C=O) groups is 2. The number of rotatable bonds is 6. The van der Waals surface area contributed by atoms with E-state index in [4.69, 9.17) is 10.00 Å². The quantitative estimate of drug-likeness (QED) is 0.504. The van der Waals surface area contributed by atoms with Gasteiger partial charge in [-0.2, -0.15) is 5.26 Å². The first-order valence-corrected chi connectivity index (χ1v) is 12.2. The highest BCUT2D eigenvalue weighted by molar-refractivity contribution is 5.94. The third-order valence-electron chi connectivity index (χ3n) is 6.52. The molecular weight excluding hydrogens is 464 g/mol. The third-order valence-corrected chi connectivity index (χ3v) is 6.52. The van der Waals surface area contributed by atoms with Crippen LogP contribution in [0.2, 0.25) is 0 Å². The predicted molar refractivity (Wildman–Crippen MR) is 141 cm³/mol. The second kappa shape index (κ2) is 10.9. The second-order valence-electron chi connectivity index (χ2n) is 9.04. The van der Waals surface area contributed by atoms with Crippen LogP contribution in [-0.2, 0) is 22.6 Å². The summed E-state index contributed by atoms with van der Waals surface area (Å²) in [6.45, 7) is 1.65. The summed E-state index contributed by atoms with van der Waals surface area (Å²) in [7, 11) is 0. The predicted octanol–water partition coefficient (Wildman–Crippen LogP) is 4.75. The van der Waals surface area contributed by atoms with Crippen molar-refractivity contribution >= 4 is 29.3 Å². The van der Waals surface area contributed by atoms with Crippen LogP contribution in [0.3, 0.4) is 0 Å². The Balaban J connectivity index is 1.14. The zero-order chi connectivity index (χ0) is 25.6. The van der Waals surface area contributed by atoms with Gasteiger partial charge in [0.1, 0.15) is 18.2 Å². The van der Waals surface area contributed by atoms with Gasteiger partial charge >= 0.3 is 0 Å². The molecule has 3 heterocycles. The summed E-state index contributed by atoms with van der Waals surface area (Å²) < 4.78 is 5.87. The van der Waals surface area contributed by atoms with E-state index in [2.05, 4.69) is 22.4 Å². The number of aryl methyl sites for hydroxylation is 1. The molecule has 2 aliphatic rings. The molecule has 0 bridgehead atoms. The fourth-order valence-corrected chi connectivity index (χ4v) is 4.38. The maximum atomic E-state index is 12.7. The van der Waals surface area contributed by atoms with Gasteiger partial charge in [-0.25, -0.2) is 4.98 Å². The van der Waals surface area contributed by atoms with Gasteiger partial charge in [0.25, 0.3) is 0 Å². The van der Waals surface area contributed by atoms with E-state index in [-0.39, 0.29) is 11.8 Å². The minimum atomic E-state index is -0.0344. The van der Waals surface area contributed by atoms with Crippen LogP contribution >= 0.6 is 0 Å². The molecule has 0 saturated heterocycles. The van der Waals surface area contributed by atoms with Gasteiger partial charge in [0, 0.05) is 31.8 Å². The molecule has 3 aromatic rings. The van der Waals surface area contributed by atoms with Crippen LogP contribution in [0.1, 0.15) is 40.7 Å². The monoisotopic (exact) mass is 490 g/mol. The van der Waals surface area contributed by atoms with Gasteiger partial charge in [-0.3, -0.25) is 9.59 Å². The average molecular weight is 491 g/mol. The van der Waals surface area contributed by atoms with E-state index < -0.39 is 0 Å². The minimum absolute atomic E-state index is 0.0139. The number of fused-ring (bicyclic) bond motifs is 1. The first kappa shape index (κ1) is 24.0. The molecule has 2 aliphatic heterocycles. The SMILES string of the molecule is N#Cc1ccc(COc2ccc(C3=CCN(C(=O)/C=C/c4cnc5c(c4)CCC(=O)N5)CC3)cc2)cc1. The molecule has 184 valence electrons. The number of carbonyl (C=O) groups excluding carboxylic acids is 2. The van der Waals surface area contributed by atoms with Gasteiger partial charge in [-0.15, -0.1) is 0 Å². The first-order chi connectivity index (χ1) is 18.1. The zero-order valence-electron chi connectivity index (χ0n) is 20.3. The number of amides is 2. The fraction of sp³-hybridized carbons (Fsp3) is 0.200. The van der Waals surface area contributed by atoms with Crippen LogP contribution in [-0.4, -0.2) is 34.8 Å². The number of aromatic nitrogens is 1. The number of hydrogen-bond donors (Lipinski definition) is 1. The Hall–Kier alpha value is -4.70. The maximum absolute atomic E-state index is 12.7. The molecule has 37 heavy (non-hydrogen) atoms. The first-order valence-electron chi connectivity index (χ1n) is 12.2. The van der Waals surface area contributed by atoms with Crippen LogP contribution in [0.5, 0.6) is 5.75 Å². The summed E-state index contributed by atoms with van der Waals surface area (Å²) in [4.78, 5) is 30.3. The maximum Gasteiger partial charge on any atom is 0.246 e. The Morgan fingerprint density at radius 2 is 1.92 bits per heavy atom. The molecule has 5 rings (SSSR count). The number of nitrogens with one attached hydrogen (secondary N) is 1. The van der Waals surface area contributed by atoms with E-state index in [1.807, 2.05) is 47.4 Å². The molecule has 7 nitrogen and oxygen atoms in total. The fourth-order valence-electron chi connectivity index (χ4n) is 4.38. The van der Waals surface area contributed by atoms with Crippen molar-refractivity contribution in [2.45, 2.75) is 25.9 Å². The third kappa shape index (κ3) is 5.93. The molecule has 0 atom stereocenters. The Bertz CT molecular complexity index is 1420. The standard InChI is InChI=1S/C30H26N4O3/c31-18-21-1-3-22(4-2-21)20-37-27-9-6-24(7-10-27)25-13-15-34(16-14-25)29(36)12-5-23-17-26-8-11-28(35)33-30(26)32-19-23/h1-7,9-10,12-13,17,19H,8,11,14-16,20H2,(H,32,33,35)/b12-5+. The number of pyridine rings is 1. The molecule has 0 fully saturated rings. The van der Waals surface area contributed by atoms with Crippen molar-refractivity contribution < 1.29 is 14.3 Å². The molecule has 0 aliphatic carbocycles. The summed E-state index contributed by atoms with van der Waals surface area (Å²) in [6, 6.07) is 19.4. The number of benzene rings is 2. The van der Waals surface area contributed by atoms with E-state index in [9.17, 15) is 9.59 Å². The van der Waals surface area contributed by atoms with Crippen molar-refractivity contribution in [1.82, 2.24) is 9.88 Å². The van der Waals surface area contributed by atoms with Crippen LogP contribution in [0.25, 0.3) is 11.6 Å². The van der Waals surface area contributed by atoms with Gasteiger partial charge in [0.15, 0.2) is 0 Å². The number of hydrogen-bond acceptors (Lipinski definition) is 5. The van der Waals surface area contributed by atoms with Crippen molar-refractivity contribution in [3.05, 3.63) is 101 Å². The zero-order valence-corrected chi connectivity index (χ0v) is 20.3. The Kier molecular flexibility index (Phi) is 7.09. The molecule has 2 aromatic carbocycles. The highest BCUT2D eigenvalue weighted by atomic mass is 16.5. The summed E-state index contributed by atoms with van der Waals surface area (Å²) in [5.41, 5.74) is 5.82. The molecule has 1 aromatic heterocycles. The molecular formula is C30H26N4O3. The van der Waals surface area contributed by atoms with E-state index in [0.29, 0.717) is 43.9 Å². The normalized spacial score (nSPS) is 14.9. The number of nitrogens with zero attached hydrogens (tertiary/aromatic N) is 3. The van der Waals surface area contributed by atoms with Crippen LogP contribution in [0.15, 0.2) is 72.9 Å². The lowest BCUT2D eigenvalue weighted by atomic mass is 9.99. The van der Waals surface area contributed by atoms with Crippen molar-refractivity contribution in [2.75, 3.05) is 18.4 Å². The molecule has 2 amide bonds. The van der Waals surface area contributed by atoms with E-state index in [0.717, 1.165) is 34.4 Å². The average Bonchev–Trinajstić information content (AvgIpc) is 2.95. The minimum Gasteiger partial charge on any atom is -0.489 e. The van der Waals surface area contributed by atoms with Gasteiger partial charge in [0.05, 0.1) is 11.6 Å². The lowest BCUT2D eigenvalue weighted by Gasteiger charge is -2.25. The van der Waals surface area contributed by atoms with E-state index in [1.54, 1.807) is 30.5 Å². The lowest BCUT2D eigenvalue weighted by molar-refractivity contribution is -0.125. The molecule has 0 saturated carbocycles. The molecule has 1 N–H and O–H groups in total. The Morgan fingerprint density at radius 3 is 2.65 bits per heavy atom. The van der Waals surface area contributed by atoms with Gasteiger partial charge in [-0.1, -0.05) is 30.3 Å². The van der Waals surface area contributed by atoms with Crippen LogP contribution < -0.4 is 10.1 Å². The summed E-state index contributed by atoms with van der Waals surface area (Å²) in [5.74, 6) is 1.35. The highest BCUT2D eigenvalue weighted by Gasteiger charge is 2.17. The molecule has 0 radical (unpaired) electrons. The van der Waals surface area contributed by atoms with Crippen molar-refractivity contribution in [2.24, 2.45) is 0 Å². The molecule has 7 heteroatoms. The Labute approximate surface area is 215 Å². The Morgan fingerprint density at radius 1 is 1.11 bits per heavy atom. The number of nitriles is 1. The van der Waals surface area contributed by atoms with Crippen molar-refractivity contribution in [3.63, 3.8) is 0 Å². The summed E-state index contributed by atoms with van der Waals surface area (Å²) in [6.07, 6.45) is 9.03. The number of anilines is 1. The van der Waals surface area contributed by atoms with Crippen molar-refractivity contribution in [1.29, 1.82) is 5.26 Å². The van der Waals surface area contributed by atoms with E-state index >= 15 is 0 Å². The summed E-state index contributed by atoms with van der Waals surface area (Å²) in [5, 5.41) is 11.7. The number of ether oxygens (including phenoxy) is 1. The largest absolute Gasteiger partial charge is 0.489 e. The van der Waals surface area contributed by atoms with Crippen molar-refractivity contribution in [3.8, 4) is 11.8 Å². The topological polar surface area (TPSA) is 95.3 Å². The van der Waals surface area contributed by atoms with Crippen LogP contribution in [0, 0.1) is 11.3 Å². The van der Waals surface area contributed by atoms with E-state index in [1.165, 1.54) is 5.57 Å². The molecule has 0 unspecified atom stereocenters. The smallest absolute Gasteiger partial charge is 0.246 e.